The summed E-state index contributed by atoms with van der Waals surface area (Å²) in [5.41, 5.74) is 3.90. The monoisotopic (exact) mass is 349 g/mol. The zero-order valence-electron chi connectivity index (χ0n) is 14.1. The molecule has 124 valence electrons. The zero-order chi connectivity index (χ0) is 17.4. The molecule has 0 unspecified atom stereocenters. The molecule has 0 amide bonds. The van der Waals surface area contributed by atoms with Gasteiger partial charge in [-0.1, -0.05) is 41.9 Å². The third kappa shape index (κ3) is 2.77. The van der Waals surface area contributed by atoms with Gasteiger partial charge in [0.25, 0.3) is 5.52 Å². The molecule has 0 aliphatic carbocycles. The molecule has 4 heteroatoms. The Morgan fingerprint density at radius 2 is 1.88 bits per heavy atom. The summed E-state index contributed by atoms with van der Waals surface area (Å²) in [4.78, 5) is 0. The van der Waals surface area contributed by atoms with Gasteiger partial charge in [-0.3, -0.25) is 0 Å². The molecule has 0 spiro atoms. The van der Waals surface area contributed by atoms with E-state index >= 15 is 0 Å². The van der Waals surface area contributed by atoms with Crippen LogP contribution in [0.4, 0.5) is 5.69 Å². The van der Waals surface area contributed by atoms with E-state index in [1.54, 1.807) is 0 Å². The first-order valence-corrected chi connectivity index (χ1v) is 8.51. The van der Waals surface area contributed by atoms with Crippen LogP contribution < -0.4 is 9.88 Å². The fourth-order valence-corrected chi connectivity index (χ4v) is 3.26. The van der Waals surface area contributed by atoms with E-state index in [1.807, 2.05) is 61.1 Å². The number of aromatic nitrogens is 1. The molecule has 0 aliphatic heterocycles. The minimum Gasteiger partial charge on any atom is -0.397 e. The first-order chi connectivity index (χ1) is 12.2. The van der Waals surface area contributed by atoms with E-state index in [0.29, 0.717) is 5.02 Å². The highest BCUT2D eigenvalue weighted by Gasteiger charge is 2.18. The van der Waals surface area contributed by atoms with Crippen LogP contribution in [0, 0.1) is 0 Å². The number of benzene rings is 3. The molecule has 4 aromatic rings. The number of fused-ring (bicyclic) bond motifs is 3. The largest absolute Gasteiger partial charge is 0.397 e. The molecule has 1 N–H and O–H groups in total. The second-order valence-corrected chi connectivity index (χ2v) is 6.36. The maximum absolute atomic E-state index is 6.34. The summed E-state index contributed by atoms with van der Waals surface area (Å²) in [6.45, 7) is 0. The van der Waals surface area contributed by atoms with Crippen LogP contribution in [0.15, 0.2) is 59.0 Å². The van der Waals surface area contributed by atoms with Crippen molar-refractivity contribution in [1.82, 2.24) is 0 Å². The molecule has 0 radical (unpaired) electrons. The zero-order valence-corrected chi connectivity index (χ0v) is 14.8. The fraction of sp³-hybridized carbons (Fsp3) is 0.0952. The average molecular weight is 350 g/mol. The van der Waals surface area contributed by atoms with Crippen LogP contribution in [0.1, 0.15) is 11.5 Å². The molecule has 25 heavy (non-hydrogen) atoms. The molecule has 0 aliphatic rings. The van der Waals surface area contributed by atoms with Crippen molar-refractivity contribution in [3.63, 3.8) is 0 Å². The second-order valence-electron chi connectivity index (χ2n) is 5.95. The van der Waals surface area contributed by atoms with Gasteiger partial charge in [0.1, 0.15) is 7.05 Å². The van der Waals surface area contributed by atoms with Crippen LogP contribution in [0.25, 0.3) is 34.0 Å². The van der Waals surface area contributed by atoms with Crippen molar-refractivity contribution in [2.75, 3.05) is 12.4 Å². The van der Waals surface area contributed by atoms with Crippen molar-refractivity contribution in [2.24, 2.45) is 7.05 Å². The lowest BCUT2D eigenvalue weighted by Crippen LogP contribution is -2.29. The summed E-state index contributed by atoms with van der Waals surface area (Å²) >= 11 is 6.34. The number of halogens is 1. The minimum absolute atomic E-state index is 0.701. The van der Waals surface area contributed by atoms with Gasteiger partial charge in [0.05, 0.1) is 6.08 Å². The van der Waals surface area contributed by atoms with E-state index in [0.717, 1.165) is 33.6 Å². The van der Waals surface area contributed by atoms with Crippen molar-refractivity contribution >= 4 is 51.3 Å². The molecular weight excluding hydrogens is 332 g/mol. The lowest BCUT2D eigenvalue weighted by atomic mass is 10.1. The molecule has 0 saturated heterocycles. The number of rotatable bonds is 3. The van der Waals surface area contributed by atoms with Crippen LogP contribution in [0.3, 0.4) is 0 Å². The van der Waals surface area contributed by atoms with E-state index in [-0.39, 0.29) is 0 Å². The van der Waals surface area contributed by atoms with E-state index in [2.05, 4.69) is 29.6 Å². The SMILES string of the molecule is CNc1ccc(/C=C/c2oc3c4ccccc4ccc3[n+]2C)c(Cl)c1. The molecule has 0 atom stereocenters. The summed E-state index contributed by atoms with van der Waals surface area (Å²) in [6, 6.07) is 18.4. The molecule has 0 saturated carbocycles. The van der Waals surface area contributed by atoms with Gasteiger partial charge < -0.3 is 9.73 Å². The Kier molecular flexibility index (Phi) is 3.94. The Balaban J connectivity index is 1.79. The second kappa shape index (κ2) is 6.26. The number of hydrogen-bond acceptors (Lipinski definition) is 2. The van der Waals surface area contributed by atoms with Crippen LogP contribution in [0.5, 0.6) is 0 Å². The van der Waals surface area contributed by atoms with E-state index in [1.165, 1.54) is 5.39 Å². The Hall–Kier alpha value is -2.78. The lowest BCUT2D eigenvalue weighted by Gasteiger charge is -2.02. The third-order valence-electron chi connectivity index (χ3n) is 4.45. The molecule has 1 heterocycles. The highest BCUT2D eigenvalue weighted by Crippen LogP contribution is 2.26. The van der Waals surface area contributed by atoms with Crippen molar-refractivity contribution in [1.29, 1.82) is 0 Å². The van der Waals surface area contributed by atoms with Gasteiger partial charge >= 0.3 is 5.89 Å². The van der Waals surface area contributed by atoms with E-state index < -0.39 is 0 Å². The number of hydrogen-bond donors (Lipinski definition) is 1. The highest BCUT2D eigenvalue weighted by molar-refractivity contribution is 6.32. The first kappa shape index (κ1) is 15.7. The van der Waals surface area contributed by atoms with Crippen LogP contribution >= 0.6 is 11.6 Å². The molecule has 0 fully saturated rings. The maximum Gasteiger partial charge on any atom is 0.373 e. The Morgan fingerprint density at radius 3 is 2.68 bits per heavy atom. The fourth-order valence-electron chi connectivity index (χ4n) is 3.02. The summed E-state index contributed by atoms with van der Waals surface area (Å²) in [5.74, 6) is 0.778. The van der Waals surface area contributed by atoms with Crippen LogP contribution in [-0.4, -0.2) is 7.05 Å². The first-order valence-electron chi connectivity index (χ1n) is 8.13. The third-order valence-corrected chi connectivity index (χ3v) is 4.78. The van der Waals surface area contributed by atoms with Gasteiger partial charge in [-0.15, -0.1) is 0 Å². The lowest BCUT2D eigenvalue weighted by molar-refractivity contribution is -0.651. The predicted molar refractivity (Wildman–Crippen MR) is 105 cm³/mol. The topological polar surface area (TPSA) is 29.1 Å². The Labute approximate surface area is 151 Å². The maximum atomic E-state index is 6.34. The Bertz CT molecular complexity index is 1110. The van der Waals surface area contributed by atoms with Gasteiger partial charge in [-0.2, -0.15) is 4.57 Å². The molecule has 3 aromatic carbocycles. The summed E-state index contributed by atoms with van der Waals surface area (Å²) in [6.07, 6.45) is 3.93. The average Bonchev–Trinajstić information content (AvgIpc) is 2.97. The number of oxazole rings is 1. The quantitative estimate of drug-likeness (QED) is 0.510. The summed E-state index contributed by atoms with van der Waals surface area (Å²) in [7, 11) is 3.88. The van der Waals surface area contributed by atoms with Crippen molar-refractivity contribution in [3.05, 3.63) is 71.1 Å². The van der Waals surface area contributed by atoms with Gasteiger partial charge in [0.15, 0.2) is 0 Å². The van der Waals surface area contributed by atoms with E-state index in [4.69, 9.17) is 16.0 Å². The smallest absolute Gasteiger partial charge is 0.373 e. The van der Waals surface area contributed by atoms with Crippen molar-refractivity contribution in [2.45, 2.75) is 0 Å². The van der Waals surface area contributed by atoms with Crippen LogP contribution in [-0.2, 0) is 7.05 Å². The molecule has 0 bridgehead atoms. The van der Waals surface area contributed by atoms with Crippen LogP contribution in [0.2, 0.25) is 5.02 Å². The normalized spacial score (nSPS) is 11.6. The summed E-state index contributed by atoms with van der Waals surface area (Å²) in [5, 5.41) is 6.07. The molecular formula is C21H18ClN2O+. The van der Waals surface area contributed by atoms with Gasteiger partial charge in [0.2, 0.25) is 5.58 Å². The van der Waals surface area contributed by atoms with Gasteiger partial charge in [-0.05, 0) is 35.2 Å². The van der Waals surface area contributed by atoms with Crippen molar-refractivity contribution < 1.29 is 8.98 Å². The predicted octanol–water partition coefficient (Wildman–Crippen LogP) is 5.28. The minimum atomic E-state index is 0.701. The number of aryl methyl sites for hydroxylation is 1. The summed E-state index contributed by atoms with van der Waals surface area (Å²) < 4.78 is 8.19. The standard InChI is InChI=1S/C21H17ClN2O/c1-23-16-10-7-15(18(22)13-16)9-12-20-24(2)19-11-8-14-5-3-4-6-17(14)21(19)25-20/h3-13H,1-2H3/p+1. The molecule has 4 rings (SSSR count). The number of anilines is 1. The van der Waals surface area contributed by atoms with Crippen molar-refractivity contribution in [3.8, 4) is 0 Å². The molecule has 1 aromatic heterocycles. The molecule has 3 nitrogen and oxygen atoms in total. The number of nitrogens with one attached hydrogen (secondary N) is 1. The number of nitrogens with zero attached hydrogens (tertiary/aromatic N) is 1. The Morgan fingerprint density at radius 1 is 1.04 bits per heavy atom. The van der Waals surface area contributed by atoms with Gasteiger partial charge in [-0.25, -0.2) is 0 Å². The van der Waals surface area contributed by atoms with E-state index in [9.17, 15) is 0 Å². The highest BCUT2D eigenvalue weighted by atomic mass is 35.5. The van der Waals surface area contributed by atoms with Gasteiger partial charge in [0, 0.05) is 29.2 Å².